The lowest BCUT2D eigenvalue weighted by molar-refractivity contribution is -0.108. The third-order valence-corrected chi connectivity index (χ3v) is 2.77. The van der Waals surface area contributed by atoms with Crippen molar-refractivity contribution < 1.29 is 9.59 Å². The van der Waals surface area contributed by atoms with Crippen molar-refractivity contribution in [3.05, 3.63) is 34.9 Å². The van der Waals surface area contributed by atoms with Gasteiger partial charge in [-0.1, -0.05) is 41.1 Å². The van der Waals surface area contributed by atoms with Gasteiger partial charge in [0, 0.05) is 16.8 Å². The molecule has 3 heteroatoms. The third kappa shape index (κ3) is 2.29. The van der Waals surface area contributed by atoms with Crippen molar-refractivity contribution in [3.8, 4) is 0 Å². The molecular formula is C11H11BrO2. The standard InChI is InChI=1S/C11H11BrO2/c1-8(6-13)11-4-9(5-12)2-3-10(11)7-14/h2-4,6-8H,5H2,1H3. The van der Waals surface area contributed by atoms with Gasteiger partial charge in [0.1, 0.15) is 12.6 Å². The zero-order chi connectivity index (χ0) is 10.6. The highest BCUT2D eigenvalue weighted by molar-refractivity contribution is 9.08. The molecule has 1 unspecified atom stereocenters. The highest BCUT2D eigenvalue weighted by Crippen LogP contribution is 2.20. The van der Waals surface area contributed by atoms with E-state index in [0.29, 0.717) is 5.56 Å². The lowest BCUT2D eigenvalue weighted by atomic mass is 9.96. The summed E-state index contributed by atoms with van der Waals surface area (Å²) in [7, 11) is 0. The van der Waals surface area contributed by atoms with E-state index in [0.717, 1.165) is 29.0 Å². The van der Waals surface area contributed by atoms with Gasteiger partial charge in [-0.25, -0.2) is 0 Å². The van der Waals surface area contributed by atoms with Crippen LogP contribution in [0.5, 0.6) is 0 Å². The summed E-state index contributed by atoms with van der Waals surface area (Å²) in [6.45, 7) is 1.79. The molecule has 0 aromatic heterocycles. The number of rotatable bonds is 4. The summed E-state index contributed by atoms with van der Waals surface area (Å²) in [5.41, 5.74) is 2.46. The Labute approximate surface area is 91.4 Å². The van der Waals surface area contributed by atoms with E-state index in [-0.39, 0.29) is 5.92 Å². The third-order valence-electron chi connectivity index (χ3n) is 2.13. The Hall–Kier alpha value is -0.960. The number of hydrogen-bond donors (Lipinski definition) is 0. The van der Waals surface area contributed by atoms with Gasteiger partial charge in [0.25, 0.3) is 0 Å². The molecule has 1 aromatic carbocycles. The topological polar surface area (TPSA) is 34.1 Å². The van der Waals surface area contributed by atoms with Gasteiger partial charge in [-0.3, -0.25) is 4.79 Å². The molecular weight excluding hydrogens is 244 g/mol. The summed E-state index contributed by atoms with van der Waals surface area (Å²) >= 11 is 3.33. The van der Waals surface area contributed by atoms with Gasteiger partial charge < -0.3 is 4.79 Å². The molecule has 0 saturated heterocycles. The van der Waals surface area contributed by atoms with E-state index in [1.54, 1.807) is 13.0 Å². The minimum absolute atomic E-state index is 0.228. The van der Waals surface area contributed by atoms with Crippen molar-refractivity contribution in [1.29, 1.82) is 0 Å². The van der Waals surface area contributed by atoms with E-state index >= 15 is 0 Å². The number of alkyl halides is 1. The van der Waals surface area contributed by atoms with Gasteiger partial charge in [-0.2, -0.15) is 0 Å². The summed E-state index contributed by atoms with van der Waals surface area (Å²) in [6, 6.07) is 5.51. The lowest BCUT2D eigenvalue weighted by Crippen LogP contribution is -2.00. The average Bonchev–Trinajstić information content (AvgIpc) is 2.27. The summed E-state index contributed by atoms with van der Waals surface area (Å²) < 4.78 is 0. The smallest absolute Gasteiger partial charge is 0.150 e. The van der Waals surface area contributed by atoms with E-state index in [9.17, 15) is 9.59 Å². The van der Waals surface area contributed by atoms with E-state index < -0.39 is 0 Å². The number of aldehydes is 2. The molecule has 1 aromatic rings. The van der Waals surface area contributed by atoms with Crippen LogP contribution in [0.4, 0.5) is 0 Å². The Morgan fingerprint density at radius 2 is 2.14 bits per heavy atom. The van der Waals surface area contributed by atoms with Crippen molar-refractivity contribution in [2.45, 2.75) is 18.2 Å². The molecule has 1 rings (SSSR count). The molecule has 14 heavy (non-hydrogen) atoms. The van der Waals surface area contributed by atoms with Crippen LogP contribution in [-0.2, 0) is 10.1 Å². The number of halogens is 1. The van der Waals surface area contributed by atoms with Crippen LogP contribution in [0.25, 0.3) is 0 Å². The Morgan fingerprint density at radius 3 is 2.64 bits per heavy atom. The van der Waals surface area contributed by atoms with Gasteiger partial charge in [0.2, 0.25) is 0 Å². The predicted molar refractivity (Wildman–Crippen MR) is 58.9 cm³/mol. The largest absolute Gasteiger partial charge is 0.303 e. The quantitative estimate of drug-likeness (QED) is 0.612. The first-order chi connectivity index (χ1) is 6.72. The average molecular weight is 255 g/mol. The molecule has 0 spiro atoms. The second-order valence-electron chi connectivity index (χ2n) is 3.14. The molecule has 0 aliphatic carbocycles. The summed E-state index contributed by atoms with van der Waals surface area (Å²) in [5, 5.41) is 0.727. The molecule has 1 atom stereocenters. The van der Waals surface area contributed by atoms with Crippen LogP contribution < -0.4 is 0 Å². The second-order valence-corrected chi connectivity index (χ2v) is 3.70. The summed E-state index contributed by atoms with van der Waals surface area (Å²) in [6.07, 6.45) is 1.63. The van der Waals surface area contributed by atoms with Crippen molar-refractivity contribution in [3.63, 3.8) is 0 Å². The zero-order valence-corrected chi connectivity index (χ0v) is 9.45. The number of carbonyl (C=O) groups excluding carboxylic acids is 2. The van der Waals surface area contributed by atoms with Gasteiger partial charge in [0.15, 0.2) is 0 Å². The van der Waals surface area contributed by atoms with Crippen LogP contribution in [0.1, 0.15) is 34.3 Å². The number of benzene rings is 1. The normalized spacial score (nSPS) is 12.1. The second kappa shape index (κ2) is 5.05. The molecule has 0 fully saturated rings. The lowest BCUT2D eigenvalue weighted by Gasteiger charge is -2.08. The SMILES string of the molecule is CC(C=O)c1cc(CBr)ccc1C=O. The predicted octanol–water partition coefficient (Wildman–Crippen LogP) is 2.70. The van der Waals surface area contributed by atoms with Crippen molar-refractivity contribution in [2.75, 3.05) is 0 Å². The van der Waals surface area contributed by atoms with Crippen LogP contribution >= 0.6 is 15.9 Å². The maximum absolute atomic E-state index is 10.7. The first-order valence-corrected chi connectivity index (χ1v) is 5.44. The van der Waals surface area contributed by atoms with E-state index in [1.807, 2.05) is 12.1 Å². The first-order valence-electron chi connectivity index (χ1n) is 4.32. The highest BCUT2D eigenvalue weighted by atomic mass is 79.9. The van der Waals surface area contributed by atoms with E-state index in [2.05, 4.69) is 15.9 Å². The van der Waals surface area contributed by atoms with Crippen molar-refractivity contribution in [2.24, 2.45) is 0 Å². The molecule has 2 nitrogen and oxygen atoms in total. The number of carbonyl (C=O) groups is 2. The molecule has 0 aliphatic rings. The molecule has 0 amide bonds. The van der Waals surface area contributed by atoms with Crippen LogP contribution in [0.2, 0.25) is 0 Å². The van der Waals surface area contributed by atoms with Gasteiger partial charge >= 0.3 is 0 Å². The first kappa shape index (κ1) is 11.1. The van der Waals surface area contributed by atoms with Gasteiger partial charge in [-0.05, 0) is 11.1 Å². The van der Waals surface area contributed by atoms with Crippen LogP contribution in [0, 0.1) is 0 Å². The Morgan fingerprint density at radius 1 is 1.43 bits per heavy atom. The molecule has 0 N–H and O–H groups in total. The van der Waals surface area contributed by atoms with E-state index in [1.165, 1.54) is 0 Å². The maximum Gasteiger partial charge on any atom is 0.150 e. The Balaban J connectivity index is 3.20. The van der Waals surface area contributed by atoms with Crippen LogP contribution in [0.3, 0.4) is 0 Å². The Bertz CT molecular complexity index is 347. The summed E-state index contributed by atoms with van der Waals surface area (Å²) in [5.74, 6) is -0.228. The van der Waals surface area contributed by atoms with Crippen LogP contribution in [0.15, 0.2) is 18.2 Å². The van der Waals surface area contributed by atoms with Crippen molar-refractivity contribution >= 4 is 28.5 Å². The van der Waals surface area contributed by atoms with E-state index in [4.69, 9.17) is 0 Å². The monoisotopic (exact) mass is 254 g/mol. The molecule has 74 valence electrons. The molecule has 0 bridgehead atoms. The van der Waals surface area contributed by atoms with Crippen molar-refractivity contribution in [1.82, 2.24) is 0 Å². The minimum Gasteiger partial charge on any atom is -0.303 e. The van der Waals surface area contributed by atoms with Gasteiger partial charge in [0.05, 0.1) is 0 Å². The molecule has 0 aliphatic heterocycles. The fraction of sp³-hybridized carbons (Fsp3) is 0.273. The van der Waals surface area contributed by atoms with Gasteiger partial charge in [-0.15, -0.1) is 0 Å². The zero-order valence-electron chi connectivity index (χ0n) is 7.87. The molecule has 0 saturated carbocycles. The molecule has 0 heterocycles. The fourth-order valence-corrected chi connectivity index (χ4v) is 1.63. The number of hydrogen-bond acceptors (Lipinski definition) is 2. The van der Waals surface area contributed by atoms with Crippen LogP contribution in [-0.4, -0.2) is 12.6 Å². The minimum atomic E-state index is -0.228. The fourth-order valence-electron chi connectivity index (χ4n) is 1.28. The highest BCUT2D eigenvalue weighted by Gasteiger charge is 2.09. The molecule has 0 radical (unpaired) electrons. The maximum atomic E-state index is 10.7. The summed E-state index contributed by atoms with van der Waals surface area (Å²) in [4.78, 5) is 21.4. The Kier molecular flexibility index (Phi) is 4.01.